The Morgan fingerprint density at radius 3 is 2.85 bits per heavy atom. The maximum Gasteiger partial charge on any atom is 0.255 e. The van der Waals surface area contributed by atoms with Crippen molar-refractivity contribution in [3.8, 4) is 0 Å². The van der Waals surface area contributed by atoms with Crippen LogP contribution in [0.15, 0.2) is 12.3 Å². The van der Waals surface area contributed by atoms with Gasteiger partial charge < -0.3 is 10.6 Å². The van der Waals surface area contributed by atoms with E-state index in [4.69, 9.17) is 17.3 Å². The minimum Gasteiger partial charge on any atom is -0.382 e. The number of likely N-dealkylation sites (tertiary alicyclic amines) is 1. The van der Waals surface area contributed by atoms with Gasteiger partial charge in [-0.25, -0.2) is 4.98 Å². The summed E-state index contributed by atoms with van der Waals surface area (Å²) >= 11 is 5.97. The molecule has 0 aliphatic carbocycles. The number of carbonyl (C=O) groups excluding carboxylic acids is 1. The van der Waals surface area contributed by atoms with Crippen LogP contribution in [-0.2, 0) is 0 Å². The predicted molar refractivity (Wildman–Crippen MR) is 81.8 cm³/mol. The third-order valence-corrected chi connectivity index (χ3v) is 4.25. The molecule has 1 atom stereocenters. The summed E-state index contributed by atoms with van der Waals surface area (Å²) in [6.07, 6.45) is 6.03. The van der Waals surface area contributed by atoms with E-state index >= 15 is 0 Å². The van der Waals surface area contributed by atoms with Crippen LogP contribution < -0.4 is 5.73 Å². The summed E-state index contributed by atoms with van der Waals surface area (Å²) in [6, 6.07) is 1.91. The molecule has 0 bridgehead atoms. The van der Waals surface area contributed by atoms with Crippen molar-refractivity contribution >= 4 is 23.3 Å². The van der Waals surface area contributed by atoms with Crippen molar-refractivity contribution in [2.45, 2.75) is 45.6 Å². The zero-order chi connectivity index (χ0) is 14.7. The molecule has 2 heterocycles. The van der Waals surface area contributed by atoms with Gasteiger partial charge in [-0.1, -0.05) is 38.3 Å². The third-order valence-electron chi connectivity index (χ3n) is 3.95. The standard InChI is InChI=1S/C15H22ClN3O/c1-10(2)13-6-4-3-5-7-19(13)15(20)11-8-12(16)14(17)18-9-11/h8-10,13H,3-7H2,1-2H3,(H2,17,18). The molecule has 1 amide bonds. The lowest BCUT2D eigenvalue weighted by molar-refractivity contribution is 0.0631. The third kappa shape index (κ3) is 3.23. The zero-order valence-corrected chi connectivity index (χ0v) is 12.9. The van der Waals surface area contributed by atoms with E-state index in [1.165, 1.54) is 19.0 Å². The molecule has 1 fully saturated rings. The van der Waals surface area contributed by atoms with E-state index in [-0.39, 0.29) is 11.7 Å². The lowest BCUT2D eigenvalue weighted by Gasteiger charge is -2.33. The van der Waals surface area contributed by atoms with Gasteiger partial charge in [0, 0.05) is 18.8 Å². The van der Waals surface area contributed by atoms with E-state index in [1.807, 2.05) is 4.90 Å². The number of hydrogen-bond acceptors (Lipinski definition) is 3. The van der Waals surface area contributed by atoms with Gasteiger partial charge >= 0.3 is 0 Å². The lowest BCUT2D eigenvalue weighted by Crippen LogP contribution is -2.43. The zero-order valence-electron chi connectivity index (χ0n) is 12.1. The van der Waals surface area contributed by atoms with Crippen LogP contribution in [0, 0.1) is 5.92 Å². The molecule has 5 heteroatoms. The number of nitrogens with two attached hydrogens (primary N) is 1. The Labute approximate surface area is 125 Å². The minimum atomic E-state index is 0.0139. The Kier molecular flexibility index (Phi) is 4.86. The van der Waals surface area contributed by atoms with Crippen LogP contribution in [-0.4, -0.2) is 28.4 Å². The van der Waals surface area contributed by atoms with Gasteiger partial charge in [0.2, 0.25) is 0 Å². The molecule has 0 saturated carbocycles. The average Bonchev–Trinajstić information content (AvgIpc) is 2.66. The molecule has 20 heavy (non-hydrogen) atoms. The van der Waals surface area contributed by atoms with Gasteiger partial charge in [-0.15, -0.1) is 0 Å². The van der Waals surface area contributed by atoms with E-state index < -0.39 is 0 Å². The molecule has 2 N–H and O–H groups in total. The van der Waals surface area contributed by atoms with Gasteiger partial charge in [-0.05, 0) is 24.8 Å². The van der Waals surface area contributed by atoms with Crippen LogP contribution in [0.5, 0.6) is 0 Å². The first kappa shape index (κ1) is 15.1. The van der Waals surface area contributed by atoms with E-state index in [0.29, 0.717) is 22.5 Å². The normalized spacial score (nSPS) is 20.0. The highest BCUT2D eigenvalue weighted by Crippen LogP contribution is 2.25. The van der Waals surface area contributed by atoms with Crippen LogP contribution in [0.3, 0.4) is 0 Å². The van der Waals surface area contributed by atoms with Crippen molar-refractivity contribution in [3.63, 3.8) is 0 Å². The summed E-state index contributed by atoms with van der Waals surface area (Å²) in [5.74, 6) is 0.730. The van der Waals surface area contributed by atoms with Crippen molar-refractivity contribution in [1.82, 2.24) is 9.88 Å². The first-order chi connectivity index (χ1) is 9.50. The molecule has 0 spiro atoms. The monoisotopic (exact) mass is 295 g/mol. The van der Waals surface area contributed by atoms with Crippen molar-refractivity contribution in [1.29, 1.82) is 0 Å². The number of halogens is 1. The number of nitrogens with zero attached hydrogens (tertiary/aromatic N) is 2. The fourth-order valence-corrected chi connectivity index (χ4v) is 2.98. The topological polar surface area (TPSA) is 59.2 Å². The maximum absolute atomic E-state index is 12.7. The number of aromatic nitrogens is 1. The van der Waals surface area contributed by atoms with Crippen molar-refractivity contribution in [3.05, 3.63) is 22.8 Å². The summed E-state index contributed by atoms with van der Waals surface area (Å²) < 4.78 is 0. The second-order valence-electron chi connectivity index (χ2n) is 5.75. The minimum absolute atomic E-state index is 0.0139. The highest BCUT2D eigenvalue weighted by atomic mass is 35.5. The Hall–Kier alpha value is -1.29. The molecule has 2 rings (SSSR count). The molecule has 1 aliphatic heterocycles. The Morgan fingerprint density at radius 1 is 1.45 bits per heavy atom. The predicted octanol–water partition coefficient (Wildman–Crippen LogP) is 3.36. The summed E-state index contributed by atoms with van der Waals surface area (Å²) in [5.41, 5.74) is 6.12. The van der Waals surface area contributed by atoms with Crippen molar-refractivity contribution in [2.75, 3.05) is 12.3 Å². The number of pyridine rings is 1. The molecule has 0 radical (unpaired) electrons. The lowest BCUT2D eigenvalue weighted by atomic mass is 9.97. The quantitative estimate of drug-likeness (QED) is 0.910. The molecule has 110 valence electrons. The fourth-order valence-electron chi connectivity index (χ4n) is 2.81. The second-order valence-corrected chi connectivity index (χ2v) is 6.16. The summed E-state index contributed by atoms with van der Waals surface area (Å²) in [5, 5.41) is 0.340. The molecular formula is C15H22ClN3O. The molecule has 1 aromatic heterocycles. The van der Waals surface area contributed by atoms with Gasteiger partial charge in [-0.3, -0.25) is 4.79 Å². The van der Waals surface area contributed by atoms with Crippen LogP contribution in [0.25, 0.3) is 0 Å². The highest BCUT2D eigenvalue weighted by Gasteiger charge is 2.28. The van der Waals surface area contributed by atoms with Crippen molar-refractivity contribution < 1.29 is 4.79 Å². The largest absolute Gasteiger partial charge is 0.382 e. The van der Waals surface area contributed by atoms with Gasteiger partial charge in [0.25, 0.3) is 5.91 Å². The highest BCUT2D eigenvalue weighted by molar-refractivity contribution is 6.33. The first-order valence-corrected chi connectivity index (χ1v) is 7.60. The summed E-state index contributed by atoms with van der Waals surface area (Å²) in [4.78, 5) is 18.7. The summed E-state index contributed by atoms with van der Waals surface area (Å²) in [6.45, 7) is 5.15. The molecule has 1 aliphatic rings. The summed E-state index contributed by atoms with van der Waals surface area (Å²) in [7, 11) is 0. The van der Waals surface area contributed by atoms with Gasteiger partial charge in [0.1, 0.15) is 5.82 Å². The Morgan fingerprint density at radius 2 is 2.20 bits per heavy atom. The molecule has 0 aromatic carbocycles. The van der Waals surface area contributed by atoms with E-state index in [1.54, 1.807) is 6.07 Å². The van der Waals surface area contributed by atoms with Gasteiger partial charge in [0.05, 0.1) is 10.6 Å². The number of amides is 1. The Bertz CT molecular complexity index is 490. The van der Waals surface area contributed by atoms with Crippen LogP contribution in [0.4, 0.5) is 5.82 Å². The fraction of sp³-hybridized carbons (Fsp3) is 0.600. The molecule has 1 saturated heterocycles. The number of carbonyl (C=O) groups is 1. The molecule has 1 unspecified atom stereocenters. The number of anilines is 1. The molecule has 4 nitrogen and oxygen atoms in total. The maximum atomic E-state index is 12.7. The number of nitrogen functional groups attached to an aromatic ring is 1. The van der Waals surface area contributed by atoms with Crippen LogP contribution in [0.2, 0.25) is 5.02 Å². The van der Waals surface area contributed by atoms with E-state index in [2.05, 4.69) is 18.8 Å². The SMILES string of the molecule is CC(C)C1CCCCCN1C(=O)c1cnc(N)c(Cl)c1. The van der Waals surface area contributed by atoms with Crippen LogP contribution in [0.1, 0.15) is 49.9 Å². The first-order valence-electron chi connectivity index (χ1n) is 7.22. The number of rotatable bonds is 2. The second kappa shape index (κ2) is 6.44. The van der Waals surface area contributed by atoms with E-state index in [0.717, 1.165) is 19.4 Å². The van der Waals surface area contributed by atoms with Gasteiger partial charge in [0.15, 0.2) is 0 Å². The van der Waals surface area contributed by atoms with Crippen LogP contribution >= 0.6 is 11.6 Å². The molecular weight excluding hydrogens is 274 g/mol. The smallest absolute Gasteiger partial charge is 0.255 e. The molecule has 1 aromatic rings. The average molecular weight is 296 g/mol. The van der Waals surface area contributed by atoms with E-state index in [9.17, 15) is 4.79 Å². The Balaban J connectivity index is 2.26. The van der Waals surface area contributed by atoms with Gasteiger partial charge in [-0.2, -0.15) is 0 Å². The number of hydrogen-bond donors (Lipinski definition) is 1. The van der Waals surface area contributed by atoms with Crippen molar-refractivity contribution in [2.24, 2.45) is 5.92 Å².